The molecule has 0 spiro atoms. The van der Waals surface area contributed by atoms with Crippen molar-refractivity contribution in [2.45, 2.75) is 24.4 Å². The molecule has 0 saturated carbocycles. The molecular weight excluding hydrogens is 376 g/mol. The fraction of sp³-hybridized carbons (Fsp3) is 0.188. The molecule has 0 radical (unpaired) electrons. The number of non-ortho nitro benzene ring substituents is 1. The van der Waals surface area contributed by atoms with Gasteiger partial charge in [-0.2, -0.15) is 0 Å². The highest BCUT2D eigenvalue weighted by molar-refractivity contribution is 7.97. The van der Waals surface area contributed by atoms with Gasteiger partial charge in [-0.15, -0.1) is 0 Å². The van der Waals surface area contributed by atoms with Crippen LogP contribution in [-0.4, -0.2) is 31.3 Å². The van der Waals surface area contributed by atoms with E-state index in [0.29, 0.717) is 0 Å². The number of carbonyl (C=O) groups excluding carboxylic acids is 1. The second-order valence-electron chi connectivity index (χ2n) is 5.47. The number of hydrogen-bond donors (Lipinski definition) is 2. The Bertz CT molecular complexity index is 848. The van der Waals surface area contributed by atoms with Crippen molar-refractivity contribution in [1.82, 2.24) is 9.79 Å². The van der Waals surface area contributed by atoms with E-state index in [4.69, 9.17) is 5.21 Å². The third-order valence-corrected chi connectivity index (χ3v) is 4.89. The molecule has 0 bridgehead atoms. The van der Waals surface area contributed by atoms with Crippen LogP contribution in [0.25, 0.3) is 0 Å². The Balaban J connectivity index is 2.38. The molecule has 10 nitrogen and oxygen atoms in total. The van der Waals surface area contributed by atoms with E-state index in [9.17, 15) is 25.0 Å². The van der Waals surface area contributed by atoms with Crippen molar-refractivity contribution in [2.75, 3.05) is 0 Å². The first-order valence-corrected chi connectivity index (χ1v) is 8.46. The molecule has 0 fully saturated rings. The summed E-state index contributed by atoms with van der Waals surface area (Å²) in [6, 6.07) is 11.5. The Morgan fingerprint density at radius 3 is 2.41 bits per heavy atom. The smallest absolute Gasteiger partial charge is 0.289 e. The van der Waals surface area contributed by atoms with Gasteiger partial charge in [0.15, 0.2) is 0 Å². The molecule has 2 aromatic rings. The molecule has 0 unspecified atom stereocenters. The lowest BCUT2D eigenvalue weighted by Gasteiger charge is -2.26. The summed E-state index contributed by atoms with van der Waals surface area (Å²) >= 11 is 0.908. The molecule has 0 aliphatic rings. The van der Waals surface area contributed by atoms with Crippen LogP contribution < -0.4 is 5.48 Å². The molecule has 0 aliphatic carbocycles. The van der Waals surface area contributed by atoms with E-state index in [1.807, 2.05) is 30.3 Å². The van der Waals surface area contributed by atoms with Crippen LogP contribution in [0.2, 0.25) is 0 Å². The number of nitrogens with zero attached hydrogens (tertiary/aromatic N) is 3. The molecule has 1 atom stereocenters. The Labute approximate surface area is 158 Å². The maximum Gasteiger partial charge on any atom is 0.291 e. The molecule has 1 amide bonds. The number of nitrogens with one attached hydrogen (secondary N) is 1. The van der Waals surface area contributed by atoms with Gasteiger partial charge in [0.05, 0.1) is 22.0 Å². The lowest BCUT2D eigenvalue weighted by Crippen LogP contribution is -2.40. The van der Waals surface area contributed by atoms with E-state index >= 15 is 0 Å². The van der Waals surface area contributed by atoms with Gasteiger partial charge in [-0.05, 0) is 30.5 Å². The van der Waals surface area contributed by atoms with Crippen LogP contribution in [0.15, 0.2) is 53.4 Å². The molecule has 0 saturated heterocycles. The quantitative estimate of drug-likeness (QED) is 0.302. The number of hydroxylamine groups is 1. The number of benzene rings is 2. The normalized spacial score (nSPS) is 11.8. The van der Waals surface area contributed by atoms with Crippen LogP contribution in [0.1, 0.15) is 12.5 Å². The van der Waals surface area contributed by atoms with Crippen LogP contribution in [0.5, 0.6) is 0 Å². The number of hydrogen-bond acceptors (Lipinski definition) is 8. The van der Waals surface area contributed by atoms with Gasteiger partial charge in [-0.3, -0.25) is 30.2 Å². The Morgan fingerprint density at radius 2 is 1.85 bits per heavy atom. The van der Waals surface area contributed by atoms with Crippen LogP contribution in [-0.2, 0) is 11.3 Å². The Kier molecular flexibility index (Phi) is 6.82. The molecule has 0 heterocycles. The zero-order valence-corrected chi connectivity index (χ0v) is 15.0. The summed E-state index contributed by atoms with van der Waals surface area (Å²) in [4.78, 5) is 32.8. The van der Waals surface area contributed by atoms with Crippen LogP contribution in [0.3, 0.4) is 0 Å². The minimum absolute atomic E-state index is 0.138. The summed E-state index contributed by atoms with van der Waals surface area (Å²) in [5, 5.41) is 31.1. The fourth-order valence-electron chi connectivity index (χ4n) is 2.20. The number of rotatable bonds is 8. The standard InChI is InChI=1S/C16H16N4O6S/c1-11(16(21)17-22)18(10-12-5-3-2-4-6-12)27-15-8-7-13(19(23)24)9-14(15)20(25)26/h2-9,11,22H,10H2,1H3,(H,17,21)/t11-/m0/s1. The topological polar surface area (TPSA) is 139 Å². The van der Waals surface area contributed by atoms with Gasteiger partial charge >= 0.3 is 0 Å². The largest absolute Gasteiger partial charge is 0.291 e. The second kappa shape index (κ2) is 9.07. The summed E-state index contributed by atoms with van der Waals surface area (Å²) in [5.74, 6) is -0.692. The van der Waals surface area contributed by atoms with Gasteiger partial charge in [-0.25, -0.2) is 9.79 Å². The first-order chi connectivity index (χ1) is 12.8. The highest BCUT2D eigenvalue weighted by Gasteiger charge is 2.27. The Hall–Kier alpha value is -3.02. The summed E-state index contributed by atoms with van der Waals surface area (Å²) in [7, 11) is 0. The third-order valence-electron chi connectivity index (χ3n) is 3.67. The van der Waals surface area contributed by atoms with Crippen LogP contribution in [0.4, 0.5) is 11.4 Å². The average molecular weight is 392 g/mol. The van der Waals surface area contributed by atoms with E-state index in [1.54, 1.807) is 5.48 Å². The van der Waals surface area contributed by atoms with Crippen molar-refractivity contribution in [3.8, 4) is 0 Å². The van der Waals surface area contributed by atoms with E-state index in [2.05, 4.69) is 0 Å². The predicted molar refractivity (Wildman–Crippen MR) is 97.0 cm³/mol. The van der Waals surface area contributed by atoms with Crippen molar-refractivity contribution in [1.29, 1.82) is 0 Å². The highest BCUT2D eigenvalue weighted by atomic mass is 32.2. The van der Waals surface area contributed by atoms with E-state index in [0.717, 1.165) is 29.6 Å². The van der Waals surface area contributed by atoms with Crippen molar-refractivity contribution < 1.29 is 19.8 Å². The molecule has 2 N–H and O–H groups in total. The van der Waals surface area contributed by atoms with Crippen molar-refractivity contribution >= 4 is 29.2 Å². The molecule has 0 aromatic heterocycles. The number of carbonyl (C=O) groups is 1. The van der Waals surface area contributed by atoms with Crippen LogP contribution >= 0.6 is 11.9 Å². The number of nitro groups is 2. The molecule has 11 heteroatoms. The summed E-state index contributed by atoms with van der Waals surface area (Å²) < 4.78 is 1.54. The van der Waals surface area contributed by atoms with Crippen molar-refractivity contribution in [3.63, 3.8) is 0 Å². The number of amides is 1. The predicted octanol–water partition coefficient (Wildman–Crippen LogP) is 2.91. The lowest BCUT2D eigenvalue weighted by atomic mass is 10.2. The van der Waals surface area contributed by atoms with E-state index < -0.39 is 33.2 Å². The van der Waals surface area contributed by atoms with Gasteiger partial charge in [0.2, 0.25) is 0 Å². The highest BCUT2D eigenvalue weighted by Crippen LogP contribution is 2.36. The lowest BCUT2D eigenvalue weighted by molar-refractivity contribution is -0.396. The fourth-order valence-corrected chi connectivity index (χ4v) is 3.28. The SMILES string of the molecule is C[C@@H](C(=O)NO)N(Cc1ccccc1)Sc1ccc([N+](=O)[O-])cc1[N+](=O)[O-]. The summed E-state index contributed by atoms with van der Waals surface area (Å²) in [6.45, 7) is 1.77. The molecule has 142 valence electrons. The van der Waals surface area contributed by atoms with Gasteiger partial charge in [-0.1, -0.05) is 30.3 Å². The molecule has 27 heavy (non-hydrogen) atoms. The third kappa shape index (κ3) is 5.23. The monoisotopic (exact) mass is 392 g/mol. The Morgan fingerprint density at radius 1 is 1.19 bits per heavy atom. The first kappa shape index (κ1) is 20.3. The second-order valence-corrected chi connectivity index (χ2v) is 6.56. The van der Waals surface area contributed by atoms with Gasteiger partial charge < -0.3 is 0 Å². The number of nitro benzene ring substituents is 2. The van der Waals surface area contributed by atoms with E-state index in [1.165, 1.54) is 17.3 Å². The summed E-state index contributed by atoms with van der Waals surface area (Å²) in [5.41, 5.74) is 1.56. The minimum Gasteiger partial charge on any atom is -0.289 e. The first-order valence-electron chi connectivity index (χ1n) is 7.68. The maximum atomic E-state index is 11.9. The van der Waals surface area contributed by atoms with Gasteiger partial charge in [0.1, 0.15) is 4.90 Å². The van der Waals surface area contributed by atoms with Gasteiger partial charge in [0, 0.05) is 12.6 Å². The molecule has 2 aromatic carbocycles. The molecular formula is C16H16N4O6S. The molecule has 0 aliphatic heterocycles. The summed E-state index contributed by atoms with van der Waals surface area (Å²) in [6.07, 6.45) is 0. The van der Waals surface area contributed by atoms with Crippen molar-refractivity contribution in [3.05, 3.63) is 74.3 Å². The molecule has 2 rings (SSSR count). The van der Waals surface area contributed by atoms with E-state index in [-0.39, 0.29) is 11.4 Å². The van der Waals surface area contributed by atoms with Crippen LogP contribution in [0, 0.1) is 20.2 Å². The zero-order valence-electron chi connectivity index (χ0n) is 14.1. The van der Waals surface area contributed by atoms with Crippen molar-refractivity contribution in [2.24, 2.45) is 0 Å². The average Bonchev–Trinajstić information content (AvgIpc) is 2.66. The minimum atomic E-state index is -0.838. The maximum absolute atomic E-state index is 11.9. The van der Waals surface area contributed by atoms with Gasteiger partial charge in [0.25, 0.3) is 17.3 Å². The zero-order chi connectivity index (χ0) is 20.0.